The zero-order valence-electron chi connectivity index (χ0n) is 13.9. The first-order valence-corrected chi connectivity index (χ1v) is 7.57. The summed E-state index contributed by atoms with van der Waals surface area (Å²) in [5, 5.41) is 12.7. The van der Waals surface area contributed by atoms with E-state index in [-0.39, 0.29) is 11.7 Å². The number of aryl methyl sites for hydroxylation is 1. The molecule has 0 aliphatic rings. The van der Waals surface area contributed by atoms with Crippen LogP contribution in [-0.2, 0) is 0 Å². The Morgan fingerprint density at radius 1 is 1.08 bits per heavy atom. The third kappa shape index (κ3) is 3.72. The van der Waals surface area contributed by atoms with Crippen LogP contribution in [0.5, 0.6) is 23.0 Å². The number of benzene rings is 2. The van der Waals surface area contributed by atoms with Crippen LogP contribution in [0.15, 0.2) is 48.7 Å². The summed E-state index contributed by atoms with van der Waals surface area (Å²) >= 11 is 0. The van der Waals surface area contributed by atoms with Crippen molar-refractivity contribution in [3.05, 3.63) is 54.2 Å². The van der Waals surface area contributed by atoms with Gasteiger partial charge in [0, 0.05) is 5.69 Å². The van der Waals surface area contributed by atoms with Crippen molar-refractivity contribution in [2.45, 2.75) is 6.92 Å². The molecule has 0 saturated carbocycles. The van der Waals surface area contributed by atoms with Crippen LogP contribution in [-0.4, -0.2) is 22.2 Å². The Morgan fingerprint density at radius 3 is 2.56 bits per heavy atom. The molecule has 0 amide bonds. The normalized spacial score (nSPS) is 10.3. The van der Waals surface area contributed by atoms with E-state index in [0.29, 0.717) is 23.1 Å². The van der Waals surface area contributed by atoms with Crippen LogP contribution in [0.1, 0.15) is 5.56 Å². The van der Waals surface area contributed by atoms with Crippen LogP contribution >= 0.6 is 0 Å². The molecule has 3 rings (SSSR count). The van der Waals surface area contributed by atoms with Gasteiger partial charge in [0.25, 0.3) is 0 Å². The smallest absolute Gasteiger partial charge is 0.222 e. The highest BCUT2D eigenvalue weighted by Crippen LogP contribution is 2.35. The van der Waals surface area contributed by atoms with E-state index in [4.69, 9.17) is 15.2 Å². The number of rotatable bonds is 5. The average Bonchev–Trinajstić information content (AvgIpc) is 2.60. The van der Waals surface area contributed by atoms with Gasteiger partial charge in [-0.15, -0.1) is 0 Å². The summed E-state index contributed by atoms with van der Waals surface area (Å²) in [6.07, 6.45) is 1.49. The Bertz CT molecular complexity index is 899. The van der Waals surface area contributed by atoms with Gasteiger partial charge >= 0.3 is 0 Å². The number of phenolic OH excluding ortho intramolecular Hbond substituents is 1. The van der Waals surface area contributed by atoms with Crippen LogP contribution < -0.4 is 20.5 Å². The van der Waals surface area contributed by atoms with Gasteiger partial charge in [0.15, 0.2) is 23.1 Å². The lowest BCUT2D eigenvalue weighted by molar-refractivity contribution is 0.378. The molecule has 0 aliphatic heterocycles. The monoisotopic (exact) mass is 338 g/mol. The zero-order chi connectivity index (χ0) is 17.8. The molecule has 25 heavy (non-hydrogen) atoms. The molecule has 4 N–H and O–H groups in total. The van der Waals surface area contributed by atoms with Gasteiger partial charge in [-0.2, -0.15) is 4.98 Å². The van der Waals surface area contributed by atoms with Gasteiger partial charge < -0.3 is 25.6 Å². The molecule has 0 spiro atoms. The number of nitrogen functional groups attached to an aromatic ring is 1. The van der Waals surface area contributed by atoms with Gasteiger partial charge in [-0.25, -0.2) is 4.98 Å². The summed E-state index contributed by atoms with van der Waals surface area (Å²) in [5.74, 6) is 2.23. The molecule has 7 heteroatoms. The summed E-state index contributed by atoms with van der Waals surface area (Å²) in [6.45, 7) is 1.87. The topological polar surface area (TPSA) is 103 Å². The summed E-state index contributed by atoms with van der Waals surface area (Å²) in [4.78, 5) is 8.20. The van der Waals surface area contributed by atoms with E-state index in [2.05, 4.69) is 15.3 Å². The van der Waals surface area contributed by atoms with E-state index in [1.165, 1.54) is 6.20 Å². The third-order valence-corrected chi connectivity index (χ3v) is 3.53. The number of ether oxygens (including phenoxy) is 2. The van der Waals surface area contributed by atoms with Crippen LogP contribution in [0, 0.1) is 6.92 Å². The van der Waals surface area contributed by atoms with Crippen LogP contribution in [0.4, 0.5) is 17.5 Å². The number of aromatic hydroxyl groups is 1. The van der Waals surface area contributed by atoms with Gasteiger partial charge in [-0.1, -0.05) is 12.1 Å². The molecule has 0 atom stereocenters. The molecule has 0 unspecified atom stereocenters. The first kappa shape index (κ1) is 16.4. The Labute approximate surface area is 145 Å². The minimum Gasteiger partial charge on any atom is -0.508 e. The summed E-state index contributed by atoms with van der Waals surface area (Å²) < 4.78 is 11.2. The maximum atomic E-state index is 9.54. The highest BCUT2D eigenvalue weighted by molar-refractivity contribution is 5.67. The molecular weight excluding hydrogens is 320 g/mol. The fraction of sp³-hybridized carbons (Fsp3) is 0.111. The van der Waals surface area contributed by atoms with Crippen molar-refractivity contribution in [2.75, 3.05) is 18.2 Å². The molecular formula is C18H18N4O3. The van der Waals surface area contributed by atoms with Gasteiger partial charge in [-0.05, 0) is 42.8 Å². The van der Waals surface area contributed by atoms with Crippen molar-refractivity contribution < 1.29 is 14.6 Å². The lowest BCUT2D eigenvalue weighted by Crippen LogP contribution is -2.03. The standard InChI is InChI=1S/C18H18N4O3/c1-11-9-12(23)7-8-13(11)21-17-16(10-20-18(19)22-17)25-15-6-4-3-5-14(15)24-2/h3-10,23H,1-2H3,(H3,19,20,21,22). The van der Waals surface area contributed by atoms with E-state index in [1.54, 1.807) is 37.4 Å². The van der Waals surface area contributed by atoms with Gasteiger partial charge in [0.1, 0.15) is 5.75 Å². The van der Waals surface area contributed by atoms with Crippen molar-refractivity contribution in [3.63, 3.8) is 0 Å². The molecule has 1 heterocycles. The highest BCUT2D eigenvalue weighted by Gasteiger charge is 2.13. The fourth-order valence-corrected chi connectivity index (χ4v) is 2.29. The molecule has 2 aromatic carbocycles. The molecule has 0 saturated heterocycles. The summed E-state index contributed by atoms with van der Waals surface area (Å²) in [6, 6.07) is 12.2. The SMILES string of the molecule is COc1ccccc1Oc1cnc(N)nc1Nc1ccc(O)cc1C. The number of nitrogens with two attached hydrogens (primary N) is 1. The first-order valence-electron chi connectivity index (χ1n) is 7.57. The molecule has 3 aromatic rings. The number of hydrogen-bond donors (Lipinski definition) is 3. The van der Waals surface area contributed by atoms with E-state index in [1.807, 2.05) is 19.1 Å². The molecule has 0 bridgehead atoms. The van der Waals surface area contributed by atoms with Crippen molar-refractivity contribution in [1.29, 1.82) is 0 Å². The second kappa shape index (κ2) is 6.96. The molecule has 0 aliphatic carbocycles. The number of nitrogens with zero attached hydrogens (tertiary/aromatic N) is 2. The van der Waals surface area contributed by atoms with E-state index < -0.39 is 0 Å². The maximum Gasteiger partial charge on any atom is 0.222 e. The summed E-state index contributed by atoms with van der Waals surface area (Å²) in [7, 11) is 1.57. The first-order chi connectivity index (χ1) is 12.1. The number of nitrogens with one attached hydrogen (secondary N) is 1. The van der Waals surface area contributed by atoms with Crippen molar-refractivity contribution >= 4 is 17.5 Å². The minimum absolute atomic E-state index is 0.117. The number of methoxy groups -OCH3 is 1. The van der Waals surface area contributed by atoms with E-state index >= 15 is 0 Å². The number of phenols is 1. The molecule has 1 aromatic heterocycles. The Kier molecular flexibility index (Phi) is 4.56. The molecule has 0 fully saturated rings. The van der Waals surface area contributed by atoms with Crippen LogP contribution in [0.3, 0.4) is 0 Å². The fourth-order valence-electron chi connectivity index (χ4n) is 2.29. The zero-order valence-corrected chi connectivity index (χ0v) is 13.9. The second-order valence-corrected chi connectivity index (χ2v) is 5.32. The lowest BCUT2D eigenvalue weighted by atomic mass is 10.2. The molecule has 128 valence electrons. The van der Waals surface area contributed by atoms with Crippen LogP contribution in [0.25, 0.3) is 0 Å². The van der Waals surface area contributed by atoms with Gasteiger partial charge in [0.05, 0.1) is 13.3 Å². The Balaban J connectivity index is 1.95. The van der Waals surface area contributed by atoms with Crippen LogP contribution in [0.2, 0.25) is 0 Å². The Morgan fingerprint density at radius 2 is 1.84 bits per heavy atom. The van der Waals surface area contributed by atoms with E-state index in [9.17, 15) is 5.11 Å². The number of hydrogen-bond acceptors (Lipinski definition) is 7. The quantitative estimate of drug-likeness (QED) is 0.611. The summed E-state index contributed by atoms with van der Waals surface area (Å²) in [5.41, 5.74) is 7.32. The largest absolute Gasteiger partial charge is 0.508 e. The second-order valence-electron chi connectivity index (χ2n) is 5.32. The Hall–Kier alpha value is -3.48. The minimum atomic E-state index is 0.117. The molecule has 0 radical (unpaired) electrons. The number of para-hydroxylation sites is 2. The molecule has 7 nitrogen and oxygen atoms in total. The lowest BCUT2D eigenvalue weighted by Gasteiger charge is -2.15. The van der Waals surface area contributed by atoms with Gasteiger partial charge in [0.2, 0.25) is 5.95 Å². The predicted molar refractivity (Wildman–Crippen MR) is 95.6 cm³/mol. The maximum absolute atomic E-state index is 9.54. The average molecular weight is 338 g/mol. The van der Waals surface area contributed by atoms with Crippen molar-refractivity contribution in [1.82, 2.24) is 9.97 Å². The van der Waals surface area contributed by atoms with Crippen molar-refractivity contribution in [2.24, 2.45) is 0 Å². The number of anilines is 3. The van der Waals surface area contributed by atoms with E-state index in [0.717, 1.165) is 11.3 Å². The van der Waals surface area contributed by atoms with Gasteiger partial charge in [-0.3, -0.25) is 0 Å². The number of aromatic nitrogens is 2. The predicted octanol–water partition coefficient (Wildman–Crippen LogP) is 3.62. The highest BCUT2D eigenvalue weighted by atomic mass is 16.5. The van der Waals surface area contributed by atoms with Crippen molar-refractivity contribution in [3.8, 4) is 23.0 Å². The third-order valence-electron chi connectivity index (χ3n) is 3.53.